The first-order valence-electron chi connectivity index (χ1n) is 8.11. The molecule has 1 heterocycles. The van der Waals surface area contributed by atoms with E-state index < -0.39 is 0 Å². The quantitative estimate of drug-likeness (QED) is 0.911. The highest BCUT2D eigenvalue weighted by Crippen LogP contribution is 2.23. The molecule has 1 aromatic carbocycles. The van der Waals surface area contributed by atoms with Crippen LogP contribution in [-0.4, -0.2) is 55.0 Å². The van der Waals surface area contributed by atoms with Gasteiger partial charge in [0.05, 0.1) is 0 Å². The van der Waals surface area contributed by atoms with Crippen molar-refractivity contribution in [3.05, 3.63) is 34.9 Å². The molecule has 1 amide bonds. The fraction of sp³-hybridized carbons (Fsp3) is 0.588. The summed E-state index contributed by atoms with van der Waals surface area (Å²) in [5.74, 6) is 0.194. The maximum absolute atomic E-state index is 12.7. The van der Waals surface area contributed by atoms with Crippen molar-refractivity contribution in [3.8, 4) is 0 Å². The second-order valence-corrected chi connectivity index (χ2v) is 6.11. The Morgan fingerprint density at radius 1 is 1.05 bits per heavy atom. The minimum atomic E-state index is 0.194. The van der Waals surface area contributed by atoms with Gasteiger partial charge in [-0.15, -0.1) is 0 Å². The Kier molecular flexibility index (Phi) is 4.56. The lowest BCUT2D eigenvalue weighted by Gasteiger charge is -2.22. The van der Waals surface area contributed by atoms with Crippen LogP contribution >= 0.6 is 0 Å². The van der Waals surface area contributed by atoms with Crippen molar-refractivity contribution in [2.24, 2.45) is 5.73 Å². The lowest BCUT2D eigenvalue weighted by Crippen LogP contribution is -2.36. The SMILES string of the molecule is NCCN1CCCN(C(=O)c2ccc3c(c2)CCC3)CC1. The standard InChI is InChI=1S/C17H25N3O/c18-7-10-19-8-2-9-20(12-11-19)17(21)16-6-5-14-3-1-4-15(14)13-16/h5-6,13H,1-4,7-12,18H2. The predicted molar refractivity (Wildman–Crippen MR) is 84.5 cm³/mol. The number of carbonyl (C=O) groups excluding carboxylic acids is 1. The first-order valence-corrected chi connectivity index (χ1v) is 8.11. The van der Waals surface area contributed by atoms with E-state index in [1.165, 1.54) is 24.0 Å². The highest BCUT2D eigenvalue weighted by Gasteiger charge is 2.21. The maximum Gasteiger partial charge on any atom is 0.253 e. The number of nitrogens with two attached hydrogens (primary N) is 1. The first kappa shape index (κ1) is 14.5. The lowest BCUT2D eigenvalue weighted by molar-refractivity contribution is 0.0761. The van der Waals surface area contributed by atoms with Gasteiger partial charge in [-0.05, 0) is 55.5 Å². The molecule has 21 heavy (non-hydrogen) atoms. The van der Waals surface area contributed by atoms with Crippen LogP contribution in [0.1, 0.15) is 34.3 Å². The Bertz CT molecular complexity index is 515. The second-order valence-electron chi connectivity index (χ2n) is 6.11. The zero-order valence-electron chi connectivity index (χ0n) is 12.7. The summed E-state index contributed by atoms with van der Waals surface area (Å²) in [6.45, 7) is 5.28. The van der Waals surface area contributed by atoms with Gasteiger partial charge in [-0.1, -0.05) is 6.07 Å². The summed E-state index contributed by atoms with van der Waals surface area (Å²) in [7, 11) is 0. The molecule has 0 spiro atoms. The normalized spacial score (nSPS) is 19.4. The molecule has 0 radical (unpaired) electrons. The Balaban J connectivity index is 1.67. The molecule has 0 aromatic heterocycles. The Labute approximate surface area is 126 Å². The van der Waals surface area contributed by atoms with Gasteiger partial charge in [0.1, 0.15) is 0 Å². The monoisotopic (exact) mass is 287 g/mol. The van der Waals surface area contributed by atoms with Gasteiger partial charge in [0, 0.05) is 38.3 Å². The van der Waals surface area contributed by atoms with Gasteiger partial charge in [-0.3, -0.25) is 4.79 Å². The molecule has 0 unspecified atom stereocenters. The third-order valence-corrected chi connectivity index (χ3v) is 4.67. The molecule has 1 aliphatic heterocycles. The van der Waals surface area contributed by atoms with Crippen LogP contribution in [0.15, 0.2) is 18.2 Å². The smallest absolute Gasteiger partial charge is 0.253 e. The van der Waals surface area contributed by atoms with Crippen molar-refractivity contribution in [2.75, 3.05) is 39.3 Å². The van der Waals surface area contributed by atoms with Crippen LogP contribution in [0.5, 0.6) is 0 Å². The summed E-state index contributed by atoms with van der Waals surface area (Å²) in [5, 5.41) is 0. The van der Waals surface area contributed by atoms with Crippen LogP contribution in [0.3, 0.4) is 0 Å². The lowest BCUT2D eigenvalue weighted by atomic mass is 10.1. The molecule has 2 aliphatic rings. The number of nitrogens with zero attached hydrogens (tertiary/aromatic N) is 2. The maximum atomic E-state index is 12.7. The van der Waals surface area contributed by atoms with Crippen LogP contribution in [0.2, 0.25) is 0 Å². The minimum absolute atomic E-state index is 0.194. The number of fused-ring (bicyclic) bond motifs is 1. The molecular formula is C17H25N3O. The highest BCUT2D eigenvalue weighted by atomic mass is 16.2. The van der Waals surface area contributed by atoms with Gasteiger partial charge in [0.2, 0.25) is 0 Å². The van der Waals surface area contributed by atoms with Gasteiger partial charge in [-0.2, -0.15) is 0 Å². The molecule has 3 rings (SSSR count). The van der Waals surface area contributed by atoms with E-state index in [0.29, 0.717) is 6.54 Å². The Morgan fingerprint density at radius 3 is 2.76 bits per heavy atom. The zero-order valence-corrected chi connectivity index (χ0v) is 12.7. The molecular weight excluding hydrogens is 262 g/mol. The largest absolute Gasteiger partial charge is 0.337 e. The molecule has 4 heteroatoms. The first-order chi connectivity index (χ1) is 10.3. The van der Waals surface area contributed by atoms with E-state index in [4.69, 9.17) is 5.73 Å². The van der Waals surface area contributed by atoms with E-state index in [1.807, 2.05) is 11.0 Å². The van der Waals surface area contributed by atoms with Crippen molar-refractivity contribution in [1.29, 1.82) is 0 Å². The van der Waals surface area contributed by atoms with Crippen LogP contribution in [0.4, 0.5) is 0 Å². The summed E-state index contributed by atoms with van der Waals surface area (Å²) in [6.07, 6.45) is 4.56. The molecule has 0 atom stereocenters. The molecule has 0 bridgehead atoms. The molecule has 1 fully saturated rings. The van der Waals surface area contributed by atoms with Crippen molar-refractivity contribution >= 4 is 5.91 Å². The molecule has 1 aliphatic carbocycles. The molecule has 4 nitrogen and oxygen atoms in total. The zero-order chi connectivity index (χ0) is 14.7. The minimum Gasteiger partial charge on any atom is -0.337 e. The van der Waals surface area contributed by atoms with Gasteiger partial charge in [-0.25, -0.2) is 0 Å². The molecule has 114 valence electrons. The van der Waals surface area contributed by atoms with Gasteiger partial charge in [0.15, 0.2) is 0 Å². The van der Waals surface area contributed by atoms with Crippen molar-refractivity contribution in [2.45, 2.75) is 25.7 Å². The average Bonchev–Trinajstić information content (AvgIpc) is 2.85. The number of carbonyl (C=O) groups is 1. The van der Waals surface area contributed by atoms with Gasteiger partial charge < -0.3 is 15.5 Å². The van der Waals surface area contributed by atoms with E-state index in [0.717, 1.165) is 51.1 Å². The van der Waals surface area contributed by atoms with Crippen LogP contribution in [-0.2, 0) is 12.8 Å². The molecule has 1 saturated heterocycles. The van der Waals surface area contributed by atoms with Crippen LogP contribution in [0, 0.1) is 0 Å². The van der Waals surface area contributed by atoms with Gasteiger partial charge >= 0.3 is 0 Å². The highest BCUT2D eigenvalue weighted by molar-refractivity contribution is 5.94. The summed E-state index contributed by atoms with van der Waals surface area (Å²) in [5.41, 5.74) is 9.29. The van der Waals surface area contributed by atoms with E-state index in [9.17, 15) is 4.79 Å². The summed E-state index contributed by atoms with van der Waals surface area (Å²) < 4.78 is 0. The third kappa shape index (κ3) is 3.27. The van der Waals surface area contributed by atoms with Gasteiger partial charge in [0.25, 0.3) is 5.91 Å². The van der Waals surface area contributed by atoms with Crippen LogP contribution in [0.25, 0.3) is 0 Å². The van der Waals surface area contributed by atoms with Crippen LogP contribution < -0.4 is 5.73 Å². The number of rotatable bonds is 3. The fourth-order valence-electron chi connectivity index (χ4n) is 3.47. The molecule has 0 saturated carbocycles. The number of hydrogen-bond acceptors (Lipinski definition) is 3. The molecule has 1 aromatic rings. The topological polar surface area (TPSA) is 49.6 Å². The number of benzene rings is 1. The summed E-state index contributed by atoms with van der Waals surface area (Å²) >= 11 is 0. The van der Waals surface area contributed by atoms with E-state index >= 15 is 0 Å². The van der Waals surface area contributed by atoms with E-state index in [2.05, 4.69) is 17.0 Å². The third-order valence-electron chi connectivity index (χ3n) is 4.67. The number of amides is 1. The summed E-state index contributed by atoms with van der Waals surface area (Å²) in [6, 6.07) is 6.27. The van der Waals surface area contributed by atoms with Crippen molar-refractivity contribution in [3.63, 3.8) is 0 Å². The van der Waals surface area contributed by atoms with E-state index in [1.54, 1.807) is 0 Å². The fourth-order valence-corrected chi connectivity index (χ4v) is 3.47. The Morgan fingerprint density at radius 2 is 1.90 bits per heavy atom. The second kappa shape index (κ2) is 6.58. The molecule has 2 N–H and O–H groups in total. The predicted octanol–water partition coefficient (Wildman–Crippen LogP) is 1.28. The van der Waals surface area contributed by atoms with Crippen molar-refractivity contribution < 1.29 is 4.79 Å². The number of hydrogen-bond donors (Lipinski definition) is 1. The summed E-state index contributed by atoms with van der Waals surface area (Å²) in [4.78, 5) is 17.1. The Hall–Kier alpha value is -1.39. The van der Waals surface area contributed by atoms with E-state index in [-0.39, 0.29) is 5.91 Å². The number of aryl methyl sites for hydroxylation is 2. The van der Waals surface area contributed by atoms with Crippen molar-refractivity contribution in [1.82, 2.24) is 9.80 Å². The average molecular weight is 287 g/mol.